The van der Waals surface area contributed by atoms with Gasteiger partial charge in [0.1, 0.15) is 16.8 Å². The Hall–Kier alpha value is -1.19. The van der Waals surface area contributed by atoms with Crippen LogP contribution in [-0.2, 0) is 12.8 Å². The maximum Gasteiger partial charge on any atom is 0.134 e. The zero-order valence-electron chi connectivity index (χ0n) is 9.75. The molecular weight excluding hydrogens is 274 g/mol. The summed E-state index contributed by atoms with van der Waals surface area (Å²) in [6.07, 6.45) is 0.985. The van der Waals surface area contributed by atoms with Crippen LogP contribution in [0.4, 0.5) is 4.39 Å². The molecule has 0 bridgehead atoms. The molecule has 0 saturated heterocycles. The molecule has 1 aromatic heterocycles. The highest BCUT2D eigenvalue weighted by molar-refractivity contribution is 6.31. The van der Waals surface area contributed by atoms with Gasteiger partial charge in [-0.05, 0) is 24.6 Å². The lowest BCUT2D eigenvalue weighted by Gasteiger charge is -2.06. The van der Waals surface area contributed by atoms with E-state index in [0.717, 1.165) is 12.1 Å². The number of aromatic nitrogens is 2. The van der Waals surface area contributed by atoms with E-state index < -0.39 is 0 Å². The number of halogens is 3. The summed E-state index contributed by atoms with van der Waals surface area (Å²) in [5, 5.41) is 0.737. The van der Waals surface area contributed by atoms with Crippen LogP contribution in [0, 0.1) is 5.82 Å². The third-order valence-corrected chi connectivity index (χ3v) is 3.10. The molecule has 1 aromatic carbocycles. The SMILES string of the molecule is CCc1cc(Cl)nc(Cc2c(F)cccc2Cl)n1. The second-order valence-electron chi connectivity index (χ2n) is 3.83. The molecule has 0 saturated carbocycles. The van der Waals surface area contributed by atoms with E-state index >= 15 is 0 Å². The van der Waals surface area contributed by atoms with Gasteiger partial charge in [0.05, 0.1) is 0 Å². The van der Waals surface area contributed by atoms with Crippen molar-refractivity contribution in [2.75, 3.05) is 0 Å². The summed E-state index contributed by atoms with van der Waals surface area (Å²) in [5.41, 5.74) is 1.22. The third-order valence-electron chi connectivity index (χ3n) is 2.55. The summed E-state index contributed by atoms with van der Waals surface area (Å²) in [5.74, 6) is 0.121. The van der Waals surface area contributed by atoms with E-state index in [2.05, 4.69) is 9.97 Å². The van der Waals surface area contributed by atoms with Gasteiger partial charge in [-0.1, -0.05) is 36.2 Å². The van der Waals surface area contributed by atoms with Gasteiger partial charge in [0.15, 0.2) is 0 Å². The average Bonchev–Trinajstić information content (AvgIpc) is 2.33. The number of benzene rings is 1. The Kier molecular flexibility index (Phi) is 4.15. The van der Waals surface area contributed by atoms with Crippen LogP contribution in [0.5, 0.6) is 0 Å². The van der Waals surface area contributed by atoms with Crippen molar-refractivity contribution >= 4 is 23.2 Å². The average molecular weight is 285 g/mol. The molecule has 0 radical (unpaired) electrons. The van der Waals surface area contributed by atoms with Gasteiger partial charge in [-0.25, -0.2) is 14.4 Å². The first-order valence-electron chi connectivity index (χ1n) is 5.55. The lowest BCUT2D eigenvalue weighted by atomic mass is 10.1. The molecule has 0 aliphatic heterocycles. The number of nitrogens with zero attached hydrogens (tertiary/aromatic N) is 2. The first-order valence-corrected chi connectivity index (χ1v) is 6.31. The maximum absolute atomic E-state index is 13.6. The molecule has 18 heavy (non-hydrogen) atoms. The van der Waals surface area contributed by atoms with Crippen LogP contribution < -0.4 is 0 Å². The molecular formula is C13H11Cl2FN2. The van der Waals surface area contributed by atoms with Gasteiger partial charge in [0.25, 0.3) is 0 Å². The summed E-state index contributed by atoms with van der Waals surface area (Å²) in [6.45, 7) is 1.97. The van der Waals surface area contributed by atoms with Gasteiger partial charge in [0, 0.05) is 22.7 Å². The Balaban J connectivity index is 2.37. The zero-order chi connectivity index (χ0) is 13.1. The van der Waals surface area contributed by atoms with E-state index in [9.17, 15) is 4.39 Å². The highest BCUT2D eigenvalue weighted by atomic mass is 35.5. The fraction of sp³-hybridized carbons (Fsp3) is 0.231. The summed E-state index contributed by atoms with van der Waals surface area (Å²) in [4.78, 5) is 8.40. The quantitative estimate of drug-likeness (QED) is 0.794. The Morgan fingerprint density at radius 2 is 2.00 bits per heavy atom. The first kappa shape index (κ1) is 13.2. The van der Waals surface area contributed by atoms with Crippen molar-refractivity contribution in [3.63, 3.8) is 0 Å². The van der Waals surface area contributed by atoms with Crippen molar-refractivity contribution in [2.45, 2.75) is 19.8 Å². The fourth-order valence-electron chi connectivity index (χ4n) is 1.64. The molecule has 0 atom stereocenters. The largest absolute Gasteiger partial charge is 0.237 e. The Morgan fingerprint density at radius 3 is 2.67 bits per heavy atom. The highest BCUT2D eigenvalue weighted by Crippen LogP contribution is 2.21. The van der Waals surface area contributed by atoms with E-state index in [4.69, 9.17) is 23.2 Å². The van der Waals surface area contributed by atoms with Crippen molar-refractivity contribution in [3.05, 3.63) is 57.3 Å². The number of hydrogen-bond acceptors (Lipinski definition) is 2. The van der Waals surface area contributed by atoms with Crippen LogP contribution in [0.15, 0.2) is 24.3 Å². The number of rotatable bonds is 3. The van der Waals surface area contributed by atoms with Crippen LogP contribution in [0.3, 0.4) is 0 Å². The monoisotopic (exact) mass is 284 g/mol. The van der Waals surface area contributed by atoms with Gasteiger partial charge >= 0.3 is 0 Å². The van der Waals surface area contributed by atoms with E-state index in [1.165, 1.54) is 6.07 Å². The van der Waals surface area contributed by atoms with E-state index in [1.54, 1.807) is 18.2 Å². The predicted octanol–water partition coefficient (Wildman–Crippen LogP) is 4.08. The van der Waals surface area contributed by atoms with Gasteiger partial charge in [-0.15, -0.1) is 0 Å². The minimum atomic E-state index is -0.357. The minimum absolute atomic E-state index is 0.235. The Labute approximate surface area is 115 Å². The molecule has 2 nitrogen and oxygen atoms in total. The smallest absolute Gasteiger partial charge is 0.134 e. The first-order chi connectivity index (χ1) is 8.60. The summed E-state index contributed by atoms with van der Waals surface area (Å²) >= 11 is 11.9. The second kappa shape index (κ2) is 5.63. The lowest BCUT2D eigenvalue weighted by Crippen LogP contribution is -2.02. The highest BCUT2D eigenvalue weighted by Gasteiger charge is 2.10. The van der Waals surface area contributed by atoms with Crippen molar-refractivity contribution in [1.82, 2.24) is 9.97 Å². The molecule has 0 fully saturated rings. The predicted molar refractivity (Wildman–Crippen MR) is 70.6 cm³/mol. The standard InChI is InChI=1S/C13H11Cl2FN2/c1-2-8-6-12(15)18-13(17-8)7-9-10(14)4-3-5-11(9)16/h3-6H,2,7H2,1H3. The molecule has 1 heterocycles. The molecule has 0 N–H and O–H groups in total. The molecule has 2 rings (SSSR count). The lowest BCUT2D eigenvalue weighted by molar-refractivity contribution is 0.612. The maximum atomic E-state index is 13.6. The topological polar surface area (TPSA) is 25.8 Å². The molecule has 0 unspecified atom stereocenters. The van der Waals surface area contributed by atoms with Crippen LogP contribution >= 0.6 is 23.2 Å². The van der Waals surface area contributed by atoms with Crippen molar-refractivity contribution in [2.24, 2.45) is 0 Å². The molecule has 0 spiro atoms. The van der Waals surface area contributed by atoms with Crippen LogP contribution in [0.25, 0.3) is 0 Å². The molecule has 0 aliphatic rings. The molecule has 2 aromatic rings. The van der Waals surface area contributed by atoms with Crippen LogP contribution in [-0.4, -0.2) is 9.97 Å². The van der Waals surface area contributed by atoms with E-state index in [1.807, 2.05) is 6.92 Å². The summed E-state index contributed by atoms with van der Waals surface area (Å²) in [6, 6.07) is 6.28. The van der Waals surface area contributed by atoms with Gasteiger partial charge < -0.3 is 0 Å². The molecule has 5 heteroatoms. The number of aryl methyl sites for hydroxylation is 1. The molecule has 94 valence electrons. The van der Waals surface area contributed by atoms with Crippen molar-refractivity contribution < 1.29 is 4.39 Å². The number of hydrogen-bond donors (Lipinski definition) is 0. The summed E-state index contributed by atoms with van der Waals surface area (Å²) in [7, 11) is 0. The van der Waals surface area contributed by atoms with Crippen molar-refractivity contribution in [1.29, 1.82) is 0 Å². The van der Waals surface area contributed by atoms with E-state index in [-0.39, 0.29) is 12.2 Å². The van der Waals surface area contributed by atoms with Gasteiger partial charge in [-0.2, -0.15) is 0 Å². The van der Waals surface area contributed by atoms with Crippen molar-refractivity contribution in [3.8, 4) is 0 Å². The normalized spacial score (nSPS) is 10.7. The molecule has 0 aliphatic carbocycles. The van der Waals surface area contributed by atoms with Crippen LogP contribution in [0.1, 0.15) is 24.0 Å². The zero-order valence-corrected chi connectivity index (χ0v) is 11.3. The Bertz CT molecular complexity index is 553. The molecule has 0 amide bonds. The van der Waals surface area contributed by atoms with Gasteiger partial charge in [0.2, 0.25) is 0 Å². The second-order valence-corrected chi connectivity index (χ2v) is 4.62. The fourth-order valence-corrected chi connectivity index (χ4v) is 2.09. The summed E-state index contributed by atoms with van der Waals surface area (Å²) < 4.78 is 13.6. The van der Waals surface area contributed by atoms with Gasteiger partial charge in [-0.3, -0.25) is 0 Å². The third kappa shape index (κ3) is 2.98. The minimum Gasteiger partial charge on any atom is -0.237 e. The Morgan fingerprint density at radius 1 is 1.22 bits per heavy atom. The van der Waals surface area contributed by atoms with Crippen LogP contribution in [0.2, 0.25) is 10.2 Å². The van der Waals surface area contributed by atoms with E-state index in [0.29, 0.717) is 21.6 Å².